The number of nitrogens with one attached hydrogen (secondary N) is 1. The molecule has 4 rings (SSSR count). The van der Waals surface area contributed by atoms with Gasteiger partial charge in [-0.15, -0.1) is 11.3 Å². The van der Waals surface area contributed by atoms with Crippen LogP contribution in [0, 0.1) is 0 Å². The Hall–Kier alpha value is -3.23. The fourth-order valence-electron chi connectivity index (χ4n) is 3.89. The Morgan fingerprint density at radius 1 is 1.12 bits per heavy atom. The molecule has 0 saturated heterocycles. The van der Waals surface area contributed by atoms with Crippen LogP contribution in [0.3, 0.4) is 0 Å². The van der Waals surface area contributed by atoms with E-state index >= 15 is 0 Å². The van der Waals surface area contributed by atoms with Gasteiger partial charge >= 0.3 is 11.9 Å². The molecule has 1 aliphatic rings. The number of rotatable bonds is 7. The first kappa shape index (κ1) is 23.9. The topological polar surface area (TPSA) is 94.6 Å². The average Bonchev–Trinajstić information content (AvgIpc) is 3.21. The van der Waals surface area contributed by atoms with Gasteiger partial charge in [-0.05, 0) is 55.0 Å². The number of aromatic nitrogens is 1. The number of hydrogen-bond acceptors (Lipinski definition) is 7. The lowest BCUT2D eigenvalue weighted by molar-refractivity contribution is -0.124. The number of benzene rings is 1. The molecule has 2 heterocycles. The number of esters is 2. The van der Waals surface area contributed by atoms with E-state index in [0.717, 1.165) is 22.4 Å². The molecule has 1 aromatic carbocycles. The molecular weight excluding hydrogens is 476 g/mol. The van der Waals surface area contributed by atoms with Gasteiger partial charge in [0.25, 0.3) is 5.91 Å². The minimum atomic E-state index is -1.08. The molecule has 0 aliphatic heterocycles. The zero-order chi connectivity index (χ0) is 24.2. The maximum atomic E-state index is 13.1. The molecule has 1 aliphatic carbocycles. The Morgan fingerprint density at radius 3 is 2.65 bits per heavy atom. The summed E-state index contributed by atoms with van der Waals surface area (Å²) >= 11 is 7.31. The molecular formula is C25H23ClN2O5S. The summed E-state index contributed by atoms with van der Waals surface area (Å²) < 4.78 is 10.7. The molecule has 0 fully saturated rings. The van der Waals surface area contributed by atoms with Crippen LogP contribution < -0.4 is 5.32 Å². The van der Waals surface area contributed by atoms with Crippen LogP contribution in [0.4, 0.5) is 5.00 Å². The number of nitrogens with zero attached hydrogens (tertiary/aromatic N) is 1. The highest BCUT2D eigenvalue weighted by Gasteiger charge is 2.31. The zero-order valence-electron chi connectivity index (χ0n) is 18.7. The number of fused-ring (bicyclic) bond motifs is 3. The first-order chi connectivity index (χ1) is 16.4. The number of carbonyl (C=O) groups is 3. The van der Waals surface area contributed by atoms with Crippen molar-refractivity contribution in [3.8, 4) is 10.4 Å². The highest BCUT2D eigenvalue weighted by molar-refractivity contribution is 7.20. The Labute approximate surface area is 206 Å². The Morgan fingerprint density at radius 2 is 1.91 bits per heavy atom. The van der Waals surface area contributed by atoms with Crippen molar-refractivity contribution in [3.63, 3.8) is 0 Å². The van der Waals surface area contributed by atoms with Gasteiger partial charge in [-0.3, -0.25) is 4.79 Å². The van der Waals surface area contributed by atoms with Gasteiger partial charge in [0.05, 0.1) is 17.7 Å². The van der Waals surface area contributed by atoms with Crippen molar-refractivity contribution in [2.24, 2.45) is 0 Å². The molecule has 0 saturated carbocycles. The van der Waals surface area contributed by atoms with Crippen LogP contribution in [0.2, 0.25) is 5.15 Å². The second kappa shape index (κ2) is 10.4. The number of carbonyl (C=O) groups excluding carboxylic acids is 3. The van der Waals surface area contributed by atoms with E-state index in [0.29, 0.717) is 17.0 Å². The van der Waals surface area contributed by atoms with Crippen molar-refractivity contribution in [2.75, 3.05) is 11.9 Å². The van der Waals surface area contributed by atoms with Crippen molar-refractivity contribution >= 4 is 45.8 Å². The monoisotopic (exact) mass is 498 g/mol. The second-order valence-electron chi connectivity index (χ2n) is 7.62. The van der Waals surface area contributed by atoms with E-state index in [1.165, 1.54) is 29.2 Å². The highest BCUT2D eigenvalue weighted by atomic mass is 35.5. The minimum absolute atomic E-state index is 0.00282. The average molecular weight is 499 g/mol. The van der Waals surface area contributed by atoms with Gasteiger partial charge < -0.3 is 14.8 Å². The van der Waals surface area contributed by atoms with Crippen LogP contribution in [0.1, 0.15) is 52.1 Å². The molecule has 0 bridgehead atoms. The Kier molecular flexibility index (Phi) is 7.29. The quantitative estimate of drug-likeness (QED) is 0.350. The van der Waals surface area contributed by atoms with Crippen molar-refractivity contribution in [1.82, 2.24) is 4.98 Å². The molecule has 34 heavy (non-hydrogen) atoms. The van der Waals surface area contributed by atoms with Crippen molar-refractivity contribution in [2.45, 2.75) is 39.2 Å². The third-order valence-corrected chi connectivity index (χ3v) is 7.00. The van der Waals surface area contributed by atoms with Crippen LogP contribution in [0.15, 0.2) is 42.6 Å². The molecule has 1 amide bonds. The summed E-state index contributed by atoms with van der Waals surface area (Å²) in [4.78, 5) is 43.3. The maximum Gasteiger partial charge on any atom is 0.342 e. The third kappa shape index (κ3) is 4.69. The molecule has 2 aromatic heterocycles. The maximum absolute atomic E-state index is 13.1. The third-order valence-electron chi connectivity index (χ3n) is 5.52. The summed E-state index contributed by atoms with van der Waals surface area (Å²) in [5.41, 5.74) is 3.54. The molecule has 0 radical (unpaired) electrons. The molecule has 176 valence electrons. The molecule has 1 unspecified atom stereocenters. The molecule has 9 heteroatoms. The molecule has 3 aromatic rings. The van der Waals surface area contributed by atoms with E-state index in [1.807, 2.05) is 18.2 Å². The van der Waals surface area contributed by atoms with Gasteiger partial charge in [0.15, 0.2) is 6.10 Å². The fraction of sp³-hybridized carbons (Fsp3) is 0.280. The van der Waals surface area contributed by atoms with E-state index in [4.69, 9.17) is 21.1 Å². The summed E-state index contributed by atoms with van der Waals surface area (Å²) in [7, 11) is 0. The van der Waals surface area contributed by atoms with Crippen molar-refractivity contribution in [3.05, 3.63) is 70.0 Å². The summed E-state index contributed by atoms with van der Waals surface area (Å²) in [5, 5.41) is 3.20. The Bertz CT molecular complexity index is 1260. The summed E-state index contributed by atoms with van der Waals surface area (Å²) in [5.74, 6) is -1.76. The van der Waals surface area contributed by atoms with Gasteiger partial charge in [-0.25, -0.2) is 14.6 Å². The van der Waals surface area contributed by atoms with Crippen LogP contribution in [0.5, 0.6) is 0 Å². The van der Waals surface area contributed by atoms with Gasteiger partial charge in [0, 0.05) is 11.1 Å². The lowest BCUT2D eigenvalue weighted by Crippen LogP contribution is -2.32. The first-order valence-corrected chi connectivity index (χ1v) is 12.2. The standard InChI is InChI=1S/C25H23ClN2O5S/c1-3-18(33-24(30)17-10-7-13-27-21(17)26)22(29)28-23-19(25(31)32-4-2)16-12-11-14-8-5-6-9-15(14)20(16)34-23/h5-10,13,18H,3-4,11-12H2,1-2H3,(H,28,29). The van der Waals surface area contributed by atoms with Crippen LogP contribution in [0.25, 0.3) is 10.4 Å². The van der Waals surface area contributed by atoms with E-state index in [1.54, 1.807) is 19.9 Å². The molecule has 1 N–H and O–H groups in total. The lowest BCUT2D eigenvalue weighted by atomic mass is 9.89. The molecule has 0 spiro atoms. The number of halogens is 1. The number of ether oxygens (including phenoxy) is 2. The smallest absolute Gasteiger partial charge is 0.342 e. The number of amides is 1. The van der Waals surface area contributed by atoms with Gasteiger partial charge in [0.2, 0.25) is 0 Å². The molecule has 1 atom stereocenters. The zero-order valence-corrected chi connectivity index (χ0v) is 20.3. The van der Waals surface area contributed by atoms with E-state index in [-0.39, 0.29) is 23.7 Å². The number of hydrogen-bond donors (Lipinski definition) is 1. The molecule has 7 nitrogen and oxygen atoms in total. The minimum Gasteiger partial charge on any atom is -0.462 e. The van der Waals surface area contributed by atoms with Crippen LogP contribution >= 0.6 is 22.9 Å². The first-order valence-electron chi connectivity index (χ1n) is 11.0. The largest absolute Gasteiger partial charge is 0.462 e. The number of thiophene rings is 1. The van der Waals surface area contributed by atoms with E-state index in [2.05, 4.69) is 16.4 Å². The fourth-order valence-corrected chi connectivity index (χ4v) is 5.39. The highest BCUT2D eigenvalue weighted by Crippen LogP contribution is 2.45. The number of anilines is 1. The summed E-state index contributed by atoms with van der Waals surface area (Å²) in [6.07, 6.45) is 2.07. The van der Waals surface area contributed by atoms with Gasteiger partial charge in [0.1, 0.15) is 10.2 Å². The second-order valence-corrected chi connectivity index (χ2v) is 9.00. The Balaban J connectivity index is 1.63. The SMILES string of the molecule is CCOC(=O)c1c(NC(=O)C(CC)OC(=O)c2cccnc2Cl)sc2c1CCc1ccccc1-2. The van der Waals surface area contributed by atoms with E-state index in [9.17, 15) is 14.4 Å². The van der Waals surface area contributed by atoms with Crippen LogP contribution in [-0.2, 0) is 27.1 Å². The van der Waals surface area contributed by atoms with Crippen molar-refractivity contribution < 1.29 is 23.9 Å². The normalized spacial score (nSPS) is 12.8. The van der Waals surface area contributed by atoms with E-state index < -0.39 is 23.9 Å². The van der Waals surface area contributed by atoms with Gasteiger partial charge in [-0.2, -0.15) is 0 Å². The summed E-state index contributed by atoms with van der Waals surface area (Å²) in [6, 6.07) is 11.1. The predicted molar refractivity (Wildman–Crippen MR) is 130 cm³/mol. The van der Waals surface area contributed by atoms with Crippen LogP contribution in [-0.4, -0.2) is 35.5 Å². The predicted octanol–water partition coefficient (Wildman–Crippen LogP) is 5.31. The lowest BCUT2D eigenvalue weighted by Gasteiger charge is -2.17. The summed E-state index contributed by atoms with van der Waals surface area (Å²) in [6.45, 7) is 3.68. The van der Waals surface area contributed by atoms with Gasteiger partial charge in [-0.1, -0.05) is 42.8 Å². The van der Waals surface area contributed by atoms with Crippen molar-refractivity contribution in [1.29, 1.82) is 0 Å². The number of aryl methyl sites for hydroxylation is 1. The number of pyridine rings is 1.